The van der Waals surface area contributed by atoms with E-state index in [1.807, 2.05) is 0 Å². The van der Waals surface area contributed by atoms with Crippen molar-refractivity contribution in [3.05, 3.63) is 57.3 Å². The Kier molecular flexibility index (Phi) is 6.59. The lowest BCUT2D eigenvalue weighted by Crippen LogP contribution is -2.29. The number of anilines is 1. The third-order valence-corrected chi connectivity index (χ3v) is 5.80. The predicted molar refractivity (Wildman–Crippen MR) is 113 cm³/mol. The molecule has 1 aromatic carbocycles. The van der Waals surface area contributed by atoms with Crippen molar-refractivity contribution < 1.29 is 14.0 Å². The van der Waals surface area contributed by atoms with Gasteiger partial charge in [-0.05, 0) is 36.8 Å². The van der Waals surface area contributed by atoms with Crippen molar-refractivity contribution in [2.45, 2.75) is 12.8 Å². The van der Waals surface area contributed by atoms with E-state index >= 15 is 0 Å². The minimum Gasteiger partial charge on any atom is -0.465 e. The van der Waals surface area contributed by atoms with E-state index in [0.29, 0.717) is 43.7 Å². The lowest BCUT2D eigenvalue weighted by Gasteiger charge is -2.14. The fourth-order valence-corrected chi connectivity index (χ4v) is 3.98. The second kappa shape index (κ2) is 8.93. The van der Waals surface area contributed by atoms with Crippen LogP contribution in [0, 0.1) is 0 Å². The number of rotatable bonds is 6. The minimum atomic E-state index is -0.176. The summed E-state index contributed by atoms with van der Waals surface area (Å²) in [5.74, 6) is 0.243. The van der Waals surface area contributed by atoms with E-state index in [1.165, 1.54) is 16.7 Å². The Labute approximate surface area is 175 Å². The number of carbonyl (C=O) groups is 2. The zero-order valence-corrected chi connectivity index (χ0v) is 17.1. The topological polar surface area (TPSA) is 62.6 Å². The minimum absolute atomic E-state index is 0.175. The number of carbonyl (C=O) groups excluding carboxylic acids is 2. The van der Waals surface area contributed by atoms with Gasteiger partial charge in [0, 0.05) is 24.7 Å². The van der Waals surface area contributed by atoms with Gasteiger partial charge in [0.05, 0.1) is 21.2 Å². The van der Waals surface area contributed by atoms with E-state index in [0.717, 1.165) is 0 Å². The summed E-state index contributed by atoms with van der Waals surface area (Å²) < 4.78 is 5.70. The van der Waals surface area contributed by atoms with Crippen molar-refractivity contribution >= 4 is 75.1 Å². The number of halogens is 2. The summed E-state index contributed by atoms with van der Waals surface area (Å²) in [5.41, 5.74) is 0.571. The number of nitrogens with zero attached hydrogens (tertiary/aromatic N) is 1. The first-order valence-electron chi connectivity index (χ1n) is 7.98. The maximum absolute atomic E-state index is 12.5. The smallest absolute Gasteiger partial charge is 0.266 e. The Morgan fingerprint density at radius 3 is 2.81 bits per heavy atom. The third kappa shape index (κ3) is 5.13. The molecule has 5 nitrogen and oxygen atoms in total. The van der Waals surface area contributed by atoms with Gasteiger partial charge in [0.25, 0.3) is 5.91 Å². The number of benzene rings is 1. The molecule has 0 radical (unpaired) electrons. The first-order chi connectivity index (χ1) is 12.9. The first-order valence-corrected chi connectivity index (χ1v) is 9.96. The highest BCUT2D eigenvalue weighted by Gasteiger charge is 2.31. The molecule has 2 heterocycles. The van der Waals surface area contributed by atoms with Crippen LogP contribution in [0.1, 0.15) is 18.6 Å². The number of furan rings is 1. The van der Waals surface area contributed by atoms with Crippen molar-refractivity contribution in [3.8, 4) is 0 Å². The third-order valence-electron chi connectivity index (χ3n) is 3.68. The zero-order chi connectivity index (χ0) is 19.4. The van der Waals surface area contributed by atoms with Crippen LogP contribution in [0.25, 0.3) is 6.08 Å². The maximum Gasteiger partial charge on any atom is 0.266 e. The average Bonchev–Trinajstić information content (AvgIpc) is 3.22. The Bertz CT molecular complexity index is 913. The predicted octanol–water partition coefficient (Wildman–Crippen LogP) is 5.21. The lowest BCUT2D eigenvalue weighted by molar-refractivity contribution is -0.122. The summed E-state index contributed by atoms with van der Waals surface area (Å²) >= 11 is 18.3. The second-order valence-corrected chi connectivity index (χ2v) is 8.12. The van der Waals surface area contributed by atoms with Crippen molar-refractivity contribution in [1.82, 2.24) is 4.90 Å². The van der Waals surface area contributed by atoms with Gasteiger partial charge in [-0.1, -0.05) is 47.2 Å². The quantitative estimate of drug-likeness (QED) is 0.493. The van der Waals surface area contributed by atoms with Crippen LogP contribution < -0.4 is 5.32 Å². The largest absolute Gasteiger partial charge is 0.465 e. The standard InChI is InChI=1S/C18H14Cl2N2O3S2/c19-13-6-5-11(9-14(13)20)21-16(23)4-1-7-22-17(24)15(27-18(22)26)10-12-3-2-8-25-12/h2-3,5-6,8-10H,1,4,7H2,(H,21,23). The molecule has 1 N–H and O–H groups in total. The molecular formula is C18H14Cl2N2O3S2. The molecule has 140 valence electrons. The number of hydrogen-bond acceptors (Lipinski definition) is 5. The molecule has 1 aromatic heterocycles. The van der Waals surface area contributed by atoms with Crippen LogP contribution in [0.2, 0.25) is 10.0 Å². The van der Waals surface area contributed by atoms with Crippen LogP contribution in [0.15, 0.2) is 45.9 Å². The molecule has 3 rings (SSSR count). The summed E-state index contributed by atoms with van der Waals surface area (Å²) in [4.78, 5) is 26.5. The fourth-order valence-electron chi connectivity index (χ4n) is 2.39. The molecule has 0 bridgehead atoms. The zero-order valence-electron chi connectivity index (χ0n) is 13.9. The van der Waals surface area contributed by atoms with E-state index in [9.17, 15) is 9.59 Å². The van der Waals surface area contributed by atoms with Crippen LogP contribution in [0.4, 0.5) is 5.69 Å². The molecule has 0 aliphatic carbocycles. The van der Waals surface area contributed by atoms with E-state index in [-0.39, 0.29) is 18.2 Å². The number of hydrogen-bond donors (Lipinski definition) is 1. The summed E-state index contributed by atoms with van der Waals surface area (Å²) in [6, 6.07) is 8.39. The Morgan fingerprint density at radius 2 is 2.11 bits per heavy atom. The highest BCUT2D eigenvalue weighted by Crippen LogP contribution is 2.32. The number of thioether (sulfide) groups is 1. The van der Waals surface area contributed by atoms with Crippen LogP contribution in [-0.4, -0.2) is 27.6 Å². The summed E-state index contributed by atoms with van der Waals surface area (Å²) in [6.07, 6.45) is 3.93. The molecule has 2 aromatic rings. The Hall–Kier alpha value is -1.80. The molecule has 0 atom stereocenters. The van der Waals surface area contributed by atoms with Crippen LogP contribution in [0.5, 0.6) is 0 Å². The van der Waals surface area contributed by atoms with E-state index in [2.05, 4.69) is 5.32 Å². The monoisotopic (exact) mass is 440 g/mol. The van der Waals surface area contributed by atoms with Gasteiger partial charge in [-0.3, -0.25) is 14.5 Å². The van der Waals surface area contributed by atoms with Gasteiger partial charge in [0.2, 0.25) is 5.91 Å². The number of thiocarbonyl (C=S) groups is 1. The van der Waals surface area contributed by atoms with Gasteiger partial charge in [-0.25, -0.2) is 0 Å². The molecule has 1 aliphatic heterocycles. The van der Waals surface area contributed by atoms with E-state index in [1.54, 1.807) is 42.7 Å². The molecule has 0 unspecified atom stereocenters. The van der Waals surface area contributed by atoms with Gasteiger partial charge < -0.3 is 9.73 Å². The Balaban J connectivity index is 1.51. The molecular weight excluding hydrogens is 427 g/mol. The van der Waals surface area contributed by atoms with Gasteiger partial charge in [-0.2, -0.15) is 0 Å². The van der Waals surface area contributed by atoms with Crippen LogP contribution >= 0.6 is 47.2 Å². The van der Waals surface area contributed by atoms with Crippen molar-refractivity contribution in [2.75, 3.05) is 11.9 Å². The highest BCUT2D eigenvalue weighted by molar-refractivity contribution is 8.26. The van der Waals surface area contributed by atoms with Crippen LogP contribution in [0.3, 0.4) is 0 Å². The molecule has 2 amide bonds. The first kappa shape index (κ1) is 19.9. The summed E-state index contributed by atoms with van der Waals surface area (Å²) in [6.45, 7) is 0.370. The van der Waals surface area contributed by atoms with Crippen molar-refractivity contribution in [2.24, 2.45) is 0 Å². The van der Waals surface area contributed by atoms with Crippen molar-refractivity contribution in [1.29, 1.82) is 0 Å². The average molecular weight is 441 g/mol. The molecule has 9 heteroatoms. The van der Waals surface area contributed by atoms with Gasteiger partial charge >= 0.3 is 0 Å². The van der Waals surface area contributed by atoms with E-state index < -0.39 is 0 Å². The SMILES string of the molecule is O=C(CCCN1C(=O)C(=Cc2ccco2)SC1=S)Nc1ccc(Cl)c(Cl)c1. The number of amides is 2. The molecule has 1 fully saturated rings. The molecule has 0 spiro atoms. The second-order valence-electron chi connectivity index (χ2n) is 5.63. The maximum atomic E-state index is 12.5. The normalized spacial score (nSPS) is 15.6. The van der Waals surface area contributed by atoms with Gasteiger partial charge in [0.1, 0.15) is 10.1 Å². The molecule has 27 heavy (non-hydrogen) atoms. The number of nitrogens with one attached hydrogen (secondary N) is 1. The molecule has 1 aliphatic rings. The lowest BCUT2D eigenvalue weighted by atomic mass is 10.2. The van der Waals surface area contributed by atoms with Gasteiger partial charge in [-0.15, -0.1) is 0 Å². The highest BCUT2D eigenvalue weighted by atomic mass is 35.5. The summed E-state index contributed by atoms with van der Waals surface area (Å²) in [7, 11) is 0. The molecule has 1 saturated heterocycles. The molecule has 0 saturated carbocycles. The fraction of sp³-hybridized carbons (Fsp3) is 0.167. The van der Waals surface area contributed by atoms with Crippen molar-refractivity contribution in [3.63, 3.8) is 0 Å². The van der Waals surface area contributed by atoms with E-state index in [4.69, 9.17) is 39.8 Å². The van der Waals surface area contributed by atoms with Crippen LogP contribution in [-0.2, 0) is 9.59 Å². The Morgan fingerprint density at radius 1 is 1.30 bits per heavy atom. The van der Waals surface area contributed by atoms with Gasteiger partial charge in [0.15, 0.2) is 0 Å². The summed E-state index contributed by atoms with van der Waals surface area (Å²) in [5, 5.41) is 3.54.